The lowest BCUT2D eigenvalue weighted by Crippen LogP contribution is -3.24. The molecule has 5 rings (SSSR count). The van der Waals surface area contributed by atoms with Crippen molar-refractivity contribution in [3.8, 4) is 0 Å². The molecule has 0 radical (unpaired) electrons. The Bertz CT molecular complexity index is 1330. The average molecular weight is 615 g/mol. The molecule has 1 aliphatic heterocycles. The number of hydrogen-bond acceptors (Lipinski definition) is 12. The summed E-state index contributed by atoms with van der Waals surface area (Å²) in [4.78, 5) is 63.1. The number of carbonyl (C=O) groups is 1. The van der Waals surface area contributed by atoms with Gasteiger partial charge in [-0.15, -0.1) is 30.3 Å². The molecule has 16 nitrogen and oxygen atoms in total. The highest BCUT2D eigenvalue weighted by atomic mass is 19.1. The third kappa shape index (κ3) is 3.86. The summed E-state index contributed by atoms with van der Waals surface area (Å²) in [6.45, 7) is 6.32. The SMILES string of the molecule is C[C@@H]1CC2C3CCC4=CC(=O)C=C[C@]4(C)[C@@]3(F)[C@@H](O[N+](=O)[O-])C[C@]2(C)[C@@]1(O[N+](=O)[O-])C1(CO[N+](=O)[O-])OCC(C)(C)[NH+]1[O-]. The second-order valence-electron chi connectivity index (χ2n) is 13.6. The molecule has 0 bridgehead atoms. The summed E-state index contributed by atoms with van der Waals surface area (Å²) in [6.07, 6.45) is 1.97. The van der Waals surface area contributed by atoms with Crippen LogP contribution in [0.2, 0.25) is 0 Å². The first-order chi connectivity index (χ1) is 19.8. The van der Waals surface area contributed by atoms with E-state index in [0.717, 1.165) is 0 Å². The smallest absolute Gasteiger partial charge is 0.295 e. The molecule has 17 heteroatoms. The van der Waals surface area contributed by atoms with E-state index in [1.807, 2.05) is 0 Å². The molecule has 1 heterocycles. The van der Waals surface area contributed by atoms with E-state index in [1.54, 1.807) is 13.8 Å². The molecule has 0 amide bonds. The van der Waals surface area contributed by atoms with Crippen LogP contribution < -0.4 is 5.06 Å². The van der Waals surface area contributed by atoms with E-state index < -0.39 is 90.6 Å². The Kier molecular flexibility index (Phi) is 6.87. The number of hydroxylamine groups is 2. The molecule has 3 saturated carbocycles. The number of nitrogens with one attached hydrogen (secondary N) is 1. The van der Waals surface area contributed by atoms with E-state index in [2.05, 4.69) is 0 Å². The summed E-state index contributed by atoms with van der Waals surface area (Å²) in [5.74, 6) is -3.11. The Morgan fingerprint density at radius 2 is 1.77 bits per heavy atom. The zero-order valence-electron chi connectivity index (χ0n) is 24.4. The molecule has 10 atom stereocenters. The highest BCUT2D eigenvalue weighted by Crippen LogP contribution is 2.73. The van der Waals surface area contributed by atoms with Gasteiger partial charge in [-0.25, -0.2) is 4.39 Å². The first-order valence-corrected chi connectivity index (χ1v) is 14.1. The van der Waals surface area contributed by atoms with Crippen LogP contribution in [0, 0.1) is 64.1 Å². The van der Waals surface area contributed by atoms with Gasteiger partial charge in [0, 0.05) is 16.7 Å². The van der Waals surface area contributed by atoms with Crippen LogP contribution in [0.25, 0.3) is 0 Å². The van der Waals surface area contributed by atoms with Crippen molar-refractivity contribution in [1.29, 1.82) is 0 Å². The topological polar surface area (TPSA) is 211 Å². The molecule has 43 heavy (non-hydrogen) atoms. The number of nitrogens with zero attached hydrogens (tertiary/aromatic N) is 3. The number of quaternary nitrogens is 1. The van der Waals surface area contributed by atoms with Gasteiger partial charge in [-0.2, -0.15) is 0 Å². The van der Waals surface area contributed by atoms with E-state index in [1.165, 1.54) is 39.0 Å². The number of alkyl halides is 1. The van der Waals surface area contributed by atoms with Crippen LogP contribution in [-0.2, 0) is 24.0 Å². The summed E-state index contributed by atoms with van der Waals surface area (Å²) in [5, 5.41) is 45.6. The fourth-order valence-corrected chi connectivity index (χ4v) is 9.57. The van der Waals surface area contributed by atoms with Crippen LogP contribution in [0.15, 0.2) is 23.8 Å². The van der Waals surface area contributed by atoms with Gasteiger partial charge in [0.25, 0.3) is 21.0 Å². The minimum atomic E-state index is -2.46. The number of fused-ring (bicyclic) bond motifs is 5. The number of allylic oxidation sites excluding steroid dienone is 4. The van der Waals surface area contributed by atoms with Gasteiger partial charge in [-0.05, 0) is 70.4 Å². The van der Waals surface area contributed by atoms with Crippen molar-refractivity contribution in [2.24, 2.45) is 28.6 Å². The van der Waals surface area contributed by atoms with Crippen molar-refractivity contribution in [3.63, 3.8) is 0 Å². The molecule has 4 fully saturated rings. The summed E-state index contributed by atoms with van der Waals surface area (Å²) in [7, 11) is 0. The van der Waals surface area contributed by atoms with Gasteiger partial charge in [0.05, 0.1) is 0 Å². The fraction of sp³-hybridized carbons (Fsp3) is 0.808. The molecule has 1 saturated heterocycles. The summed E-state index contributed by atoms with van der Waals surface area (Å²) in [5.41, 5.74) is -11.1. The van der Waals surface area contributed by atoms with Gasteiger partial charge >= 0.3 is 0 Å². The zero-order chi connectivity index (χ0) is 32.0. The molecule has 4 unspecified atom stereocenters. The normalized spacial score (nSPS) is 46.2. The minimum Gasteiger partial charge on any atom is -0.632 e. The quantitative estimate of drug-likeness (QED) is 0.236. The number of carbonyl (C=O) groups excluding carboxylic acids is 1. The summed E-state index contributed by atoms with van der Waals surface area (Å²) in [6, 6.07) is 0. The fourth-order valence-electron chi connectivity index (χ4n) is 9.57. The highest BCUT2D eigenvalue weighted by molar-refractivity contribution is 6.01. The van der Waals surface area contributed by atoms with Gasteiger partial charge in [0.1, 0.15) is 18.2 Å². The molecule has 0 spiro atoms. The van der Waals surface area contributed by atoms with E-state index in [9.17, 15) is 40.3 Å². The predicted molar refractivity (Wildman–Crippen MR) is 140 cm³/mol. The number of rotatable bonds is 8. The summed E-state index contributed by atoms with van der Waals surface area (Å²) < 4.78 is 24.1. The standard InChI is InChI=1S/C26H35FN4O12/c1-15-10-19-18-7-6-16-11-17(32)8-9-22(16,4)25(18,27)20(42-30(36)37)12-23(19,5)26(15,43-31(38)39)24(14-41-29(34)35)28(33)21(2,3)13-40-24/h8-9,11,15,18-20,28H,6-7,10,12-14H2,1-5H3/t15-,18?,19?,20+,22+,23+,24?,25+,26-/m1/s1. The van der Waals surface area contributed by atoms with Crippen LogP contribution in [0.3, 0.4) is 0 Å². The minimum absolute atomic E-state index is 0.0565. The molecule has 238 valence electrons. The first-order valence-electron chi connectivity index (χ1n) is 14.1. The van der Waals surface area contributed by atoms with Crippen LogP contribution in [0.5, 0.6) is 0 Å². The lowest BCUT2D eigenvalue weighted by atomic mass is 9.44. The van der Waals surface area contributed by atoms with E-state index >= 15 is 4.39 Å². The monoisotopic (exact) mass is 614 g/mol. The van der Waals surface area contributed by atoms with Crippen LogP contribution in [-0.4, -0.2) is 62.9 Å². The van der Waals surface area contributed by atoms with Gasteiger partial charge in [-0.3, -0.25) is 9.63 Å². The Hall–Kier alpha value is -3.44. The van der Waals surface area contributed by atoms with Crippen molar-refractivity contribution in [1.82, 2.24) is 0 Å². The number of halogens is 1. The third-order valence-corrected chi connectivity index (χ3v) is 11.2. The van der Waals surface area contributed by atoms with Crippen molar-refractivity contribution in [3.05, 3.63) is 59.4 Å². The molecule has 4 aliphatic carbocycles. The highest BCUT2D eigenvalue weighted by Gasteiger charge is 2.84. The zero-order valence-corrected chi connectivity index (χ0v) is 24.4. The number of ketones is 1. The Morgan fingerprint density at radius 1 is 1.09 bits per heavy atom. The predicted octanol–water partition coefficient (Wildman–Crippen LogP) is 1.86. The molecule has 1 N–H and O–H groups in total. The van der Waals surface area contributed by atoms with Crippen molar-refractivity contribution < 1.29 is 48.8 Å². The lowest BCUT2D eigenvalue weighted by Gasteiger charge is -2.64. The van der Waals surface area contributed by atoms with E-state index in [4.69, 9.17) is 19.2 Å². The van der Waals surface area contributed by atoms with E-state index in [0.29, 0.717) is 5.57 Å². The maximum atomic E-state index is 18.0. The second kappa shape index (κ2) is 9.53. The van der Waals surface area contributed by atoms with E-state index in [-0.39, 0.29) is 31.7 Å². The molecular weight excluding hydrogens is 579 g/mol. The van der Waals surface area contributed by atoms with Crippen molar-refractivity contribution in [2.75, 3.05) is 13.2 Å². The maximum Gasteiger partial charge on any atom is 0.295 e. The Labute approximate surface area is 245 Å². The van der Waals surface area contributed by atoms with Crippen molar-refractivity contribution in [2.45, 2.75) is 88.9 Å². The molecule has 0 aromatic rings. The number of ether oxygens (including phenoxy) is 1. The second-order valence-corrected chi connectivity index (χ2v) is 13.6. The Morgan fingerprint density at radius 3 is 2.33 bits per heavy atom. The van der Waals surface area contributed by atoms with Gasteiger partial charge in [-0.1, -0.05) is 25.5 Å². The Balaban J connectivity index is 1.76. The van der Waals surface area contributed by atoms with Gasteiger partial charge < -0.3 is 24.7 Å². The maximum absolute atomic E-state index is 18.0. The number of hydrogen-bond donors (Lipinski definition) is 1. The van der Waals surface area contributed by atoms with Crippen LogP contribution >= 0.6 is 0 Å². The van der Waals surface area contributed by atoms with Gasteiger partial charge in [0.2, 0.25) is 5.60 Å². The average Bonchev–Trinajstić information content (AvgIpc) is 3.26. The van der Waals surface area contributed by atoms with Crippen LogP contribution in [0.1, 0.15) is 60.3 Å². The van der Waals surface area contributed by atoms with Gasteiger partial charge in [0.15, 0.2) is 18.1 Å². The third-order valence-electron chi connectivity index (χ3n) is 11.2. The molecule has 5 aliphatic rings. The lowest BCUT2D eigenvalue weighted by molar-refractivity contribution is -0.980. The van der Waals surface area contributed by atoms with Crippen molar-refractivity contribution >= 4 is 5.78 Å². The van der Waals surface area contributed by atoms with Crippen LogP contribution in [0.4, 0.5) is 4.39 Å². The molecule has 0 aromatic carbocycles. The molecular formula is C26H35FN4O12. The first kappa shape index (κ1) is 31.0. The largest absolute Gasteiger partial charge is 0.632 e. The summed E-state index contributed by atoms with van der Waals surface area (Å²) >= 11 is 0. The molecule has 0 aromatic heterocycles.